The van der Waals surface area contributed by atoms with Crippen molar-refractivity contribution in [2.45, 2.75) is 4.90 Å². The van der Waals surface area contributed by atoms with Gasteiger partial charge in [0.2, 0.25) is 10.0 Å². The number of benzene rings is 2. The number of rotatable bonds is 5. The van der Waals surface area contributed by atoms with Crippen LogP contribution in [0.3, 0.4) is 0 Å². The molecule has 2 aromatic rings. The number of amides is 1. The zero-order chi connectivity index (χ0) is 17.9. The van der Waals surface area contributed by atoms with Crippen LogP contribution in [-0.4, -0.2) is 39.8 Å². The van der Waals surface area contributed by atoms with Crippen molar-refractivity contribution < 1.29 is 22.3 Å². The molecule has 0 aliphatic rings. The van der Waals surface area contributed by atoms with E-state index in [2.05, 4.69) is 5.32 Å². The quantitative estimate of drug-likeness (QED) is 0.896. The Labute approximate surface area is 139 Å². The molecular weight excluding hydrogens is 335 g/mol. The summed E-state index contributed by atoms with van der Waals surface area (Å²) in [5, 5.41) is 2.57. The summed E-state index contributed by atoms with van der Waals surface area (Å²) < 4.78 is 43.5. The summed E-state index contributed by atoms with van der Waals surface area (Å²) in [5.41, 5.74) is 0.439. The maximum absolute atomic E-state index is 12.9. The molecule has 0 radical (unpaired) electrons. The molecule has 128 valence electrons. The van der Waals surface area contributed by atoms with Crippen LogP contribution in [-0.2, 0) is 10.0 Å². The maximum Gasteiger partial charge on any atom is 0.259 e. The minimum atomic E-state index is -3.69. The van der Waals surface area contributed by atoms with Crippen molar-refractivity contribution in [2.75, 3.05) is 26.5 Å². The summed E-state index contributed by atoms with van der Waals surface area (Å²) in [4.78, 5) is 12.4. The predicted octanol–water partition coefficient (Wildman–Crippen LogP) is 2.34. The number of nitrogens with zero attached hydrogens (tertiary/aromatic N) is 1. The highest BCUT2D eigenvalue weighted by Gasteiger charge is 2.21. The van der Waals surface area contributed by atoms with Gasteiger partial charge in [-0.15, -0.1) is 0 Å². The zero-order valence-electron chi connectivity index (χ0n) is 13.4. The number of halogens is 1. The Morgan fingerprint density at radius 3 is 2.29 bits per heavy atom. The van der Waals surface area contributed by atoms with E-state index in [1.54, 1.807) is 0 Å². The largest absolute Gasteiger partial charge is 0.496 e. The maximum atomic E-state index is 12.9. The second-order valence-electron chi connectivity index (χ2n) is 5.11. The van der Waals surface area contributed by atoms with Crippen LogP contribution in [0.4, 0.5) is 10.1 Å². The van der Waals surface area contributed by atoms with Gasteiger partial charge in [0.15, 0.2) is 0 Å². The van der Waals surface area contributed by atoms with E-state index in [4.69, 9.17) is 4.74 Å². The molecule has 0 spiro atoms. The van der Waals surface area contributed by atoms with Crippen LogP contribution >= 0.6 is 0 Å². The van der Waals surface area contributed by atoms with Crippen LogP contribution < -0.4 is 10.1 Å². The van der Waals surface area contributed by atoms with E-state index in [0.717, 1.165) is 4.31 Å². The Kier molecular flexibility index (Phi) is 5.20. The van der Waals surface area contributed by atoms with Crippen molar-refractivity contribution in [3.63, 3.8) is 0 Å². The first-order chi connectivity index (χ1) is 11.3. The second-order valence-corrected chi connectivity index (χ2v) is 7.26. The first kappa shape index (κ1) is 17.9. The minimum Gasteiger partial charge on any atom is -0.496 e. The molecule has 8 heteroatoms. The van der Waals surface area contributed by atoms with Crippen molar-refractivity contribution in [3.05, 3.63) is 53.8 Å². The molecule has 0 unspecified atom stereocenters. The number of hydrogen-bond acceptors (Lipinski definition) is 4. The fourth-order valence-electron chi connectivity index (χ4n) is 1.97. The summed E-state index contributed by atoms with van der Waals surface area (Å²) in [6, 6.07) is 9.24. The Hall–Kier alpha value is -2.45. The molecule has 2 aromatic carbocycles. The number of carbonyl (C=O) groups is 1. The second kappa shape index (κ2) is 6.98. The first-order valence-corrected chi connectivity index (χ1v) is 8.37. The number of hydrogen-bond donors (Lipinski definition) is 1. The Balaban J connectivity index is 2.40. The van der Waals surface area contributed by atoms with Gasteiger partial charge in [-0.25, -0.2) is 17.1 Å². The number of nitrogens with one attached hydrogen (secondary N) is 1. The van der Waals surface area contributed by atoms with Crippen molar-refractivity contribution in [1.82, 2.24) is 4.31 Å². The van der Waals surface area contributed by atoms with Crippen molar-refractivity contribution in [1.29, 1.82) is 0 Å². The van der Waals surface area contributed by atoms with E-state index in [1.165, 1.54) is 63.7 Å². The highest BCUT2D eigenvalue weighted by molar-refractivity contribution is 7.89. The molecule has 2 rings (SSSR count). The van der Waals surface area contributed by atoms with E-state index in [9.17, 15) is 17.6 Å². The number of methoxy groups -OCH3 is 1. The standard InChI is InChI=1S/C16H17FN2O4S/c1-19(2)24(21,22)13-8-9-15(23-3)14(10-13)16(20)18-12-6-4-11(17)5-7-12/h4-10H,1-3H3,(H,18,20). The van der Waals surface area contributed by atoms with Crippen LogP contribution in [0.1, 0.15) is 10.4 Å². The molecule has 0 bridgehead atoms. The topological polar surface area (TPSA) is 75.7 Å². The van der Waals surface area contributed by atoms with Gasteiger partial charge in [-0.2, -0.15) is 0 Å². The van der Waals surface area contributed by atoms with Crippen LogP contribution in [0.5, 0.6) is 5.75 Å². The Morgan fingerprint density at radius 1 is 1.12 bits per heavy atom. The van der Waals surface area contributed by atoms with Crippen molar-refractivity contribution in [3.8, 4) is 5.75 Å². The van der Waals surface area contributed by atoms with Gasteiger partial charge in [0, 0.05) is 19.8 Å². The smallest absolute Gasteiger partial charge is 0.259 e. The monoisotopic (exact) mass is 352 g/mol. The van der Waals surface area contributed by atoms with Gasteiger partial charge in [0.05, 0.1) is 17.6 Å². The SMILES string of the molecule is COc1ccc(S(=O)(=O)N(C)C)cc1C(=O)Nc1ccc(F)cc1. The molecule has 1 N–H and O–H groups in total. The molecule has 0 atom stereocenters. The predicted molar refractivity (Wildman–Crippen MR) is 88.2 cm³/mol. The van der Waals surface area contributed by atoms with Gasteiger partial charge in [-0.3, -0.25) is 4.79 Å². The van der Waals surface area contributed by atoms with Crippen molar-refractivity contribution >= 4 is 21.6 Å². The molecule has 0 aromatic heterocycles. The summed E-state index contributed by atoms with van der Waals surface area (Å²) >= 11 is 0. The molecule has 0 saturated carbocycles. The molecule has 6 nitrogen and oxygen atoms in total. The highest BCUT2D eigenvalue weighted by Crippen LogP contribution is 2.25. The minimum absolute atomic E-state index is 0.0300. The number of sulfonamides is 1. The normalized spacial score (nSPS) is 11.4. The van der Waals surface area contributed by atoms with E-state index < -0.39 is 21.7 Å². The van der Waals surface area contributed by atoms with Gasteiger partial charge in [-0.1, -0.05) is 0 Å². The van der Waals surface area contributed by atoms with Crippen LogP contribution in [0, 0.1) is 5.82 Å². The average Bonchev–Trinajstić information content (AvgIpc) is 2.56. The van der Waals surface area contributed by atoms with E-state index in [0.29, 0.717) is 5.69 Å². The Morgan fingerprint density at radius 2 is 1.75 bits per heavy atom. The number of carbonyl (C=O) groups excluding carboxylic acids is 1. The Bertz CT molecular complexity index is 849. The van der Waals surface area contributed by atoms with Gasteiger partial charge in [0.1, 0.15) is 11.6 Å². The molecule has 0 aliphatic heterocycles. The summed E-state index contributed by atoms with van der Waals surface area (Å²) in [6.07, 6.45) is 0. The van der Waals surface area contributed by atoms with Crippen LogP contribution in [0.15, 0.2) is 47.4 Å². The van der Waals surface area contributed by atoms with Crippen molar-refractivity contribution in [2.24, 2.45) is 0 Å². The molecule has 24 heavy (non-hydrogen) atoms. The summed E-state index contributed by atoms with van der Waals surface area (Å²) in [7, 11) is 0.492. The fourth-order valence-corrected chi connectivity index (χ4v) is 2.90. The van der Waals surface area contributed by atoms with Gasteiger partial charge >= 0.3 is 0 Å². The van der Waals surface area contributed by atoms with Crippen LogP contribution in [0.25, 0.3) is 0 Å². The summed E-state index contributed by atoms with van der Waals surface area (Å²) in [6.45, 7) is 0. The van der Waals surface area contributed by atoms with Gasteiger partial charge in [0.25, 0.3) is 5.91 Å². The summed E-state index contributed by atoms with van der Waals surface area (Å²) in [5.74, 6) is -0.758. The van der Waals surface area contributed by atoms with E-state index in [-0.39, 0.29) is 16.2 Å². The third kappa shape index (κ3) is 3.72. The van der Waals surface area contributed by atoms with E-state index in [1.807, 2.05) is 0 Å². The lowest BCUT2D eigenvalue weighted by atomic mass is 10.2. The van der Waals surface area contributed by atoms with E-state index >= 15 is 0 Å². The number of anilines is 1. The zero-order valence-corrected chi connectivity index (χ0v) is 14.2. The lowest BCUT2D eigenvalue weighted by Gasteiger charge is -2.14. The molecule has 0 heterocycles. The lowest BCUT2D eigenvalue weighted by Crippen LogP contribution is -2.23. The van der Waals surface area contributed by atoms with Gasteiger partial charge < -0.3 is 10.1 Å². The third-order valence-corrected chi connectivity index (χ3v) is 5.11. The number of ether oxygens (including phenoxy) is 1. The van der Waals surface area contributed by atoms with Gasteiger partial charge in [-0.05, 0) is 42.5 Å². The molecule has 0 fully saturated rings. The molecule has 1 amide bonds. The molecular formula is C16H17FN2O4S. The third-order valence-electron chi connectivity index (χ3n) is 3.30. The highest BCUT2D eigenvalue weighted by atomic mass is 32.2. The molecule has 0 saturated heterocycles. The molecule has 0 aliphatic carbocycles. The first-order valence-electron chi connectivity index (χ1n) is 6.93. The fraction of sp³-hybridized carbons (Fsp3) is 0.188. The average molecular weight is 352 g/mol. The van der Waals surface area contributed by atoms with Crippen LogP contribution in [0.2, 0.25) is 0 Å². The lowest BCUT2D eigenvalue weighted by molar-refractivity contribution is 0.102.